The van der Waals surface area contributed by atoms with E-state index in [1.165, 1.54) is 5.56 Å². The van der Waals surface area contributed by atoms with Gasteiger partial charge in [0.25, 0.3) is 0 Å². The molecule has 0 saturated heterocycles. The molecular formula is C14H12N2S. The summed E-state index contributed by atoms with van der Waals surface area (Å²) in [6, 6.07) is 12.5. The van der Waals surface area contributed by atoms with E-state index in [0.29, 0.717) is 0 Å². The molecule has 2 aromatic heterocycles. The van der Waals surface area contributed by atoms with Crippen molar-refractivity contribution in [1.29, 1.82) is 0 Å². The van der Waals surface area contributed by atoms with Crippen LogP contribution >= 0.6 is 11.3 Å². The van der Waals surface area contributed by atoms with E-state index in [2.05, 4.69) is 39.6 Å². The second kappa shape index (κ2) is 4.63. The highest BCUT2D eigenvalue weighted by Crippen LogP contribution is 2.17. The van der Waals surface area contributed by atoms with E-state index in [9.17, 15) is 0 Å². The predicted octanol–water partition coefficient (Wildman–Crippen LogP) is 3.48. The molecular weight excluding hydrogens is 228 g/mol. The van der Waals surface area contributed by atoms with E-state index in [4.69, 9.17) is 0 Å². The van der Waals surface area contributed by atoms with Crippen molar-refractivity contribution in [2.24, 2.45) is 0 Å². The molecule has 17 heavy (non-hydrogen) atoms. The maximum atomic E-state index is 4.55. The van der Waals surface area contributed by atoms with Crippen molar-refractivity contribution in [2.45, 2.75) is 12.8 Å². The molecule has 3 aromatic rings. The Kier molecular flexibility index (Phi) is 2.84. The number of fused-ring (bicyclic) bond motifs is 1. The van der Waals surface area contributed by atoms with Crippen molar-refractivity contribution < 1.29 is 0 Å². The molecule has 0 aliphatic heterocycles. The summed E-state index contributed by atoms with van der Waals surface area (Å²) < 4.78 is 1.16. The van der Waals surface area contributed by atoms with Gasteiger partial charge < -0.3 is 0 Å². The van der Waals surface area contributed by atoms with Crippen molar-refractivity contribution in [2.75, 3.05) is 0 Å². The Morgan fingerprint density at radius 2 is 1.88 bits per heavy atom. The Morgan fingerprint density at radius 3 is 2.76 bits per heavy atom. The van der Waals surface area contributed by atoms with Crippen LogP contribution in [0, 0.1) is 0 Å². The second-order valence-electron chi connectivity index (χ2n) is 3.94. The van der Waals surface area contributed by atoms with Crippen LogP contribution in [0.1, 0.15) is 11.4 Å². The third-order valence-corrected chi connectivity index (χ3v) is 3.57. The quantitative estimate of drug-likeness (QED) is 0.700. The lowest BCUT2D eigenvalue weighted by atomic mass is 10.1. The standard InChI is InChI=1S/C14H12N2S/c1-2-4-11(5-3-1)6-7-14-15-10-13-12(16-14)8-9-17-13/h1-5,8-10H,6-7H2. The van der Waals surface area contributed by atoms with Crippen LogP contribution in [0.2, 0.25) is 0 Å². The van der Waals surface area contributed by atoms with Crippen LogP contribution in [0.3, 0.4) is 0 Å². The smallest absolute Gasteiger partial charge is 0.129 e. The first kappa shape index (κ1) is 10.4. The van der Waals surface area contributed by atoms with Gasteiger partial charge in [-0.1, -0.05) is 30.3 Å². The molecule has 0 radical (unpaired) electrons. The molecule has 0 aliphatic rings. The lowest BCUT2D eigenvalue weighted by Gasteiger charge is -2.00. The summed E-state index contributed by atoms with van der Waals surface area (Å²) >= 11 is 1.69. The molecule has 1 aromatic carbocycles. The van der Waals surface area contributed by atoms with Gasteiger partial charge in [-0.05, 0) is 23.4 Å². The molecule has 0 N–H and O–H groups in total. The largest absolute Gasteiger partial charge is 0.240 e. The van der Waals surface area contributed by atoms with Crippen LogP contribution in [0.5, 0.6) is 0 Å². The average molecular weight is 240 g/mol. The molecule has 2 nitrogen and oxygen atoms in total. The normalized spacial score (nSPS) is 10.8. The molecule has 3 heteroatoms. The summed E-state index contributed by atoms with van der Waals surface area (Å²) in [7, 11) is 0. The van der Waals surface area contributed by atoms with Gasteiger partial charge in [-0.2, -0.15) is 0 Å². The highest BCUT2D eigenvalue weighted by Gasteiger charge is 2.01. The minimum atomic E-state index is 0.899. The molecule has 0 unspecified atom stereocenters. The predicted molar refractivity (Wildman–Crippen MR) is 71.3 cm³/mol. The zero-order valence-electron chi connectivity index (χ0n) is 9.34. The SMILES string of the molecule is c1ccc(CCc2ncc3sccc3n2)cc1. The van der Waals surface area contributed by atoms with Crippen molar-refractivity contribution >= 4 is 21.6 Å². The monoisotopic (exact) mass is 240 g/mol. The van der Waals surface area contributed by atoms with E-state index in [1.54, 1.807) is 11.3 Å². The van der Waals surface area contributed by atoms with Gasteiger partial charge in [-0.15, -0.1) is 11.3 Å². The van der Waals surface area contributed by atoms with Crippen molar-refractivity contribution in [3.63, 3.8) is 0 Å². The average Bonchev–Trinajstić information content (AvgIpc) is 2.85. The van der Waals surface area contributed by atoms with Gasteiger partial charge in [0.1, 0.15) is 5.82 Å². The Labute approximate surface area is 104 Å². The molecule has 3 rings (SSSR count). The third-order valence-electron chi connectivity index (χ3n) is 2.73. The van der Waals surface area contributed by atoms with Gasteiger partial charge in [-0.3, -0.25) is 0 Å². The molecule has 84 valence electrons. The molecule has 0 fully saturated rings. The number of nitrogens with zero attached hydrogens (tertiary/aromatic N) is 2. The van der Waals surface area contributed by atoms with E-state index in [-0.39, 0.29) is 0 Å². The van der Waals surface area contributed by atoms with Crippen LogP contribution < -0.4 is 0 Å². The first-order chi connectivity index (χ1) is 8.42. The molecule has 0 aliphatic carbocycles. The lowest BCUT2D eigenvalue weighted by molar-refractivity contribution is 0.870. The summed E-state index contributed by atoms with van der Waals surface area (Å²) in [6.07, 6.45) is 3.82. The van der Waals surface area contributed by atoms with E-state index >= 15 is 0 Å². The first-order valence-corrected chi connectivity index (χ1v) is 6.53. The third kappa shape index (κ3) is 2.34. The minimum absolute atomic E-state index is 0.899. The summed E-state index contributed by atoms with van der Waals surface area (Å²) in [5.41, 5.74) is 2.40. The van der Waals surface area contributed by atoms with Crippen molar-refractivity contribution in [3.05, 3.63) is 59.4 Å². The molecule has 2 heterocycles. The van der Waals surface area contributed by atoms with Gasteiger partial charge in [0, 0.05) is 12.6 Å². The molecule has 0 bridgehead atoms. The van der Waals surface area contributed by atoms with Crippen molar-refractivity contribution in [1.82, 2.24) is 9.97 Å². The highest BCUT2D eigenvalue weighted by atomic mass is 32.1. The van der Waals surface area contributed by atoms with Crippen LogP contribution in [-0.2, 0) is 12.8 Å². The maximum absolute atomic E-state index is 4.55. The Hall–Kier alpha value is -1.74. The fourth-order valence-electron chi connectivity index (χ4n) is 1.83. The summed E-state index contributed by atoms with van der Waals surface area (Å²) in [5, 5.41) is 2.06. The van der Waals surface area contributed by atoms with Crippen LogP contribution in [0.4, 0.5) is 0 Å². The first-order valence-electron chi connectivity index (χ1n) is 5.65. The van der Waals surface area contributed by atoms with Crippen LogP contribution in [0.25, 0.3) is 10.2 Å². The van der Waals surface area contributed by atoms with E-state index < -0.39 is 0 Å². The molecule has 0 saturated carbocycles. The lowest BCUT2D eigenvalue weighted by Crippen LogP contribution is -1.97. The topological polar surface area (TPSA) is 25.8 Å². The van der Waals surface area contributed by atoms with E-state index in [0.717, 1.165) is 28.9 Å². The zero-order chi connectivity index (χ0) is 11.5. The molecule has 0 spiro atoms. The Bertz CT molecular complexity index is 616. The summed E-state index contributed by atoms with van der Waals surface area (Å²) in [4.78, 5) is 8.94. The zero-order valence-corrected chi connectivity index (χ0v) is 10.2. The summed E-state index contributed by atoms with van der Waals surface area (Å²) in [5.74, 6) is 0.930. The molecule has 0 amide bonds. The maximum Gasteiger partial charge on any atom is 0.129 e. The minimum Gasteiger partial charge on any atom is -0.240 e. The molecule has 0 atom stereocenters. The Balaban J connectivity index is 1.76. The highest BCUT2D eigenvalue weighted by molar-refractivity contribution is 7.17. The number of benzene rings is 1. The Morgan fingerprint density at radius 1 is 1.00 bits per heavy atom. The van der Waals surface area contributed by atoms with Crippen LogP contribution in [-0.4, -0.2) is 9.97 Å². The second-order valence-corrected chi connectivity index (χ2v) is 4.89. The van der Waals surface area contributed by atoms with Crippen LogP contribution in [0.15, 0.2) is 48.0 Å². The number of thiophene rings is 1. The number of aryl methyl sites for hydroxylation is 2. The van der Waals surface area contributed by atoms with Gasteiger partial charge >= 0.3 is 0 Å². The number of aromatic nitrogens is 2. The van der Waals surface area contributed by atoms with Gasteiger partial charge in [0.05, 0.1) is 10.2 Å². The fourth-order valence-corrected chi connectivity index (χ4v) is 2.52. The summed E-state index contributed by atoms with van der Waals surface area (Å²) in [6.45, 7) is 0. The van der Waals surface area contributed by atoms with E-state index in [1.807, 2.05) is 18.3 Å². The van der Waals surface area contributed by atoms with Crippen molar-refractivity contribution in [3.8, 4) is 0 Å². The fraction of sp³-hybridized carbons (Fsp3) is 0.143. The number of rotatable bonds is 3. The number of hydrogen-bond acceptors (Lipinski definition) is 3. The number of hydrogen-bond donors (Lipinski definition) is 0. The van der Waals surface area contributed by atoms with Gasteiger partial charge in [0.15, 0.2) is 0 Å². The van der Waals surface area contributed by atoms with Gasteiger partial charge in [0.2, 0.25) is 0 Å². The van der Waals surface area contributed by atoms with Gasteiger partial charge in [-0.25, -0.2) is 9.97 Å².